The Bertz CT molecular complexity index is 250. The zero-order valence-corrected chi connectivity index (χ0v) is 8.93. The third kappa shape index (κ3) is 3.22. The summed E-state index contributed by atoms with van der Waals surface area (Å²) in [6, 6.07) is 8.66. The summed E-state index contributed by atoms with van der Waals surface area (Å²) in [6.45, 7) is 6.67. The van der Waals surface area contributed by atoms with E-state index in [1.807, 2.05) is 0 Å². The summed E-state index contributed by atoms with van der Waals surface area (Å²) >= 11 is 0. The lowest BCUT2D eigenvalue weighted by molar-refractivity contribution is 0.760. The average molecular weight is 175 g/mol. The SMILES string of the molecule is CC[C](C)CCc1ccccc1C. The van der Waals surface area contributed by atoms with Crippen molar-refractivity contribution in [3.8, 4) is 0 Å². The molecule has 0 aliphatic carbocycles. The molecule has 0 heterocycles. The standard InChI is InChI=1S/C13H19/c1-4-11(2)9-10-13-8-6-5-7-12(13)3/h5-8H,4,9-10H2,1-3H3. The Balaban J connectivity index is 2.50. The number of hydrogen-bond acceptors (Lipinski definition) is 0. The third-order valence-corrected chi connectivity index (χ3v) is 2.69. The number of hydrogen-bond donors (Lipinski definition) is 0. The van der Waals surface area contributed by atoms with Crippen molar-refractivity contribution in [1.82, 2.24) is 0 Å². The van der Waals surface area contributed by atoms with Gasteiger partial charge in [-0.05, 0) is 36.8 Å². The molecule has 1 aromatic rings. The minimum absolute atomic E-state index is 1.20. The molecule has 0 fully saturated rings. The largest absolute Gasteiger partial charge is 0.0648 e. The first-order valence-corrected chi connectivity index (χ1v) is 5.10. The van der Waals surface area contributed by atoms with Crippen molar-refractivity contribution in [1.29, 1.82) is 0 Å². The zero-order chi connectivity index (χ0) is 9.68. The summed E-state index contributed by atoms with van der Waals surface area (Å²) in [5.41, 5.74) is 2.92. The van der Waals surface area contributed by atoms with Gasteiger partial charge in [-0.3, -0.25) is 0 Å². The van der Waals surface area contributed by atoms with E-state index in [1.165, 1.54) is 30.4 Å². The minimum atomic E-state index is 1.20. The van der Waals surface area contributed by atoms with E-state index in [0.29, 0.717) is 0 Å². The molecule has 0 saturated carbocycles. The Hall–Kier alpha value is -0.780. The van der Waals surface area contributed by atoms with Crippen LogP contribution in [-0.2, 0) is 6.42 Å². The first-order chi connectivity index (χ1) is 6.24. The molecule has 0 bridgehead atoms. The van der Waals surface area contributed by atoms with Gasteiger partial charge in [0.2, 0.25) is 0 Å². The lowest BCUT2D eigenvalue weighted by Gasteiger charge is -2.09. The molecule has 0 spiro atoms. The summed E-state index contributed by atoms with van der Waals surface area (Å²) < 4.78 is 0. The highest BCUT2D eigenvalue weighted by atomic mass is 14.1. The molecular weight excluding hydrogens is 156 g/mol. The monoisotopic (exact) mass is 175 g/mol. The Labute approximate surface area is 82.0 Å². The topological polar surface area (TPSA) is 0 Å². The van der Waals surface area contributed by atoms with Gasteiger partial charge in [0.25, 0.3) is 0 Å². The lowest BCUT2D eigenvalue weighted by atomic mass is 9.97. The molecule has 13 heavy (non-hydrogen) atoms. The van der Waals surface area contributed by atoms with Crippen LogP contribution in [0.2, 0.25) is 0 Å². The van der Waals surface area contributed by atoms with Gasteiger partial charge in [-0.15, -0.1) is 0 Å². The van der Waals surface area contributed by atoms with Gasteiger partial charge in [0.15, 0.2) is 0 Å². The van der Waals surface area contributed by atoms with Gasteiger partial charge < -0.3 is 0 Å². The van der Waals surface area contributed by atoms with E-state index in [-0.39, 0.29) is 0 Å². The molecule has 71 valence electrons. The lowest BCUT2D eigenvalue weighted by Crippen LogP contribution is -1.95. The van der Waals surface area contributed by atoms with Crippen LogP contribution in [0.25, 0.3) is 0 Å². The maximum absolute atomic E-state index is 2.25. The highest BCUT2D eigenvalue weighted by molar-refractivity contribution is 5.25. The summed E-state index contributed by atoms with van der Waals surface area (Å²) in [6.07, 6.45) is 3.65. The predicted molar refractivity (Wildman–Crippen MR) is 58.7 cm³/mol. The molecule has 1 aromatic carbocycles. The van der Waals surface area contributed by atoms with Crippen molar-refractivity contribution in [2.45, 2.75) is 40.0 Å². The van der Waals surface area contributed by atoms with Crippen molar-refractivity contribution in [3.05, 3.63) is 41.3 Å². The van der Waals surface area contributed by atoms with Gasteiger partial charge in [0.05, 0.1) is 0 Å². The second kappa shape index (κ2) is 5.06. The van der Waals surface area contributed by atoms with Gasteiger partial charge in [-0.1, -0.05) is 44.5 Å². The van der Waals surface area contributed by atoms with Crippen molar-refractivity contribution in [3.63, 3.8) is 0 Å². The first kappa shape index (κ1) is 10.3. The smallest absolute Gasteiger partial charge is 0.0271 e. The van der Waals surface area contributed by atoms with E-state index < -0.39 is 0 Å². The maximum Gasteiger partial charge on any atom is -0.0271 e. The molecule has 0 aliphatic rings. The Morgan fingerprint density at radius 3 is 2.54 bits per heavy atom. The van der Waals surface area contributed by atoms with Crippen LogP contribution < -0.4 is 0 Å². The third-order valence-electron chi connectivity index (χ3n) is 2.69. The fourth-order valence-corrected chi connectivity index (χ4v) is 1.42. The Kier molecular flexibility index (Phi) is 4.01. The summed E-state index contributed by atoms with van der Waals surface area (Å²) in [4.78, 5) is 0. The van der Waals surface area contributed by atoms with Crippen molar-refractivity contribution in [2.24, 2.45) is 0 Å². The quantitative estimate of drug-likeness (QED) is 0.650. The molecule has 0 nitrogen and oxygen atoms in total. The first-order valence-electron chi connectivity index (χ1n) is 5.10. The highest BCUT2D eigenvalue weighted by Crippen LogP contribution is 2.16. The Morgan fingerprint density at radius 1 is 1.23 bits per heavy atom. The molecule has 0 aromatic heterocycles. The average Bonchev–Trinajstić information content (AvgIpc) is 2.16. The van der Waals surface area contributed by atoms with E-state index in [4.69, 9.17) is 0 Å². The summed E-state index contributed by atoms with van der Waals surface area (Å²) in [5, 5.41) is 0. The minimum Gasteiger partial charge on any atom is -0.0648 e. The fourth-order valence-electron chi connectivity index (χ4n) is 1.42. The van der Waals surface area contributed by atoms with Gasteiger partial charge >= 0.3 is 0 Å². The van der Waals surface area contributed by atoms with Gasteiger partial charge in [0.1, 0.15) is 0 Å². The molecule has 1 rings (SSSR count). The highest BCUT2D eigenvalue weighted by Gasteiger charge is 2.01. The van der Waals surface area contributed by atoms with Crippen molar-refractivity contribution < 1.29 is 0 Å². The van der Waals surface area contributed by atoms with Crippen LogP contribution in [0.15, 0.2) is 24.3 Å². The zero-order valence-electron chi connectivity index (χ0n) is 8.93. The molecule has 0 heteroatoms. The van der Waals surface area contributed by atoms with Crippen LogP contribution in [0.1, 0.15) is 37.8 Å². The number of rotatable bonds is 4. The van der Waals surface area contributed by atoms with Crippen molar-refractivity contribution in [2.75, 3.05) is 0 Å². The number of benzene rings is 1. The van der Waals surface area contributed by atoms with Crippen LogP contribution in [-0.4, -0.2) is 0 Å². The van der Waals surface area contributed by atoms with Gasteiger partial charge in [0, 0.05) is 0 Å². The van der Waals surface area contributed by atoms with Gasteiger partial charge in [-0.25, -0.2) is 0 Å². The van der Waals surface area contributed by atoms with Crippen LogP contribution >= 0.6 is 0 Å². The molecule has 0 amide bonds. The fraction of sp³-hybridized carbons (Fsp3) is 0.462. The van der Waals surface area contributed by atoms with E-state index in [9.17, 15) is 0 Å². The molecule has 0 aliphatic heterocycles. The summed E-state index contributed by atoms with van der Waals surface area (Å²) in [7, 11) is 0. The maximum atomic E-state index is 2.25. The van der Waals surface area contributed by atoms with E-state index in [2.05, 4.69) is 45.0 Å². The summed E-state index contributed by atoms with van der Waals surface area (Å²) in [5.74, 6) is 1.60. The Morgan fingerprint density at radius 2 is 1.92 bits per heavy atom. The van der Waals surface area contributed by atoms with Crippen molar-refractivity contribution >= 4 is 0 Å². The van der Waals surface area contributed by atoms with Crippen LogP contribution in [0.5, 0.6) is 0 Å². The molecule has 0 atom stereocenters. The van der Waals surface area contributed by atoms with Crippen LogP contribution in [0, 0.1) is 12.8 Å². The molecule has 1 radical (unpaired) electrons. The molecule has 0 N–H and O–H groups in total. The second-order valence-corrected chi connectivity index (χ2v) is 3.74. The normalized spacial score (nSPS) is 10.8. The van der Waals surface area contributed by atoms with E-state index in [0.717, 1.165) is 0 Å². The van der Waals surface area contributed by atoms with E-state index in [1.54, 1.807) is 5.92 Å². The molecule has 0 unspecified atom stereocenters. The van der Waals surface area contributed by atoms with Crippen LogP contribution in [0.3, 0.4) is 0 Å². The van der Waals surface area contributed by atoms with Crippen LogP contribution in [0.4, 0.5) is 0 Å². The number of aryl methyl sites for hydroxylation is 2. The van der Waals surface area contributed by atoms with E-state index >= 15 is 0 Å². The predicted octanol–water partition coefficient (Wildman–Crippen LogP) is 3.93. The second-order valence-electron chi connectivity index (χ2n) is 3.74. The molecular formula is C13H19. The molecule has 0 saturated heterocycles. The van der Waals surface area contributed by atoms with Gasteiger partial charge in [-0.2, -0.15) is 0 Å².